The Bertz CT molecular complexity index is 1450. The predicted octanol–water partition coefficient (Wildman–Crippen LogP) is 4.88. The van der Waals surface area contributed by atoms with Crippen LogP contribution in [0, 0.1) is 0 Å². The number of aromatic nitrogens is 2. The number of nitrogens with one attached hydrogen (secondary N) is 3. The first-order valence-electron chi connectivity index (χ1n) is 13.0. The number of aliphatic hydroxyl groups is 1. The Morgan fingerprint density at radius 2 is 1.95 bits per heavy atom. The van der Waals surface area contributed by atoms with Crippen molar-refractivity contribution in [3.63, 3.8) is 0 Å². The molecule has 0 bridgehead atoms. The third kappa shape index (κ3) is 5.84. The molecule has 0 aliphatic heterocycles. The molecular weight excluding hydrogens is 498 g/mol. The van der Waals surface area contributed by atoms with E-state index in [9.17, 15) is 14.7 Å². The van der Waals surface area contributed by atoms with Crippen molar-refractivity contribution in [1.29, 1.82) is 0 Å². The average Bonchev–Trinajstić information content (AvgIpc) is 3.62. The highest BCUT2D eigenvalue weighted by Gasteiger charge is 2.26. The van der Waals surface area contributed by atoms with Gasteiger partial charge in [-0.15, -0.1) is 11.3 Å². The van der Waals surface area contributed by atoms with E-state index in [1.54, 1.807) is 11.6 Å². The fraction of sp³-hybridized carbons (Fsp3) is 0.310. The number of pyridine rings is 1. The summed E-state index contributed by atoms with van der Waals surface area (Å²) in [5, 5.41) is 22.7. The van der Waals surface area contributed by atoms with Gasteiger partial charge >= 0.3 is 0 Å². The maximum Gasteiger partial charge on any atom is 0.270 e. The number of aliphatic hydroxyl groups excluding tert-OH is 1. The van der Waals surface area contributed by atoms with Crippen LogP contribution in [0.4, 0.5) is 5.69 Å². The van der Waals surface area contributed by atoms with E-state index in [-0.39, 0.29) is 24.5 Å². The number of thiazole rings is 1. The van der Waals surface area contributed by atoms with Crippen molar-refractivity contribution in [3.8, 4) is 10.6 Å². The van der Waals surface area contributed by atoms with Crippen LogP contribution in [0.3, 0.4) is 0 Å². The van der Waals surface area contributed by atoms with Crippen LogP contribution in [0.5, 0.6) is 0 Å². The number of nitrogens with zero attached hydrogens (tertiary/aromatic N) is 2. The number of rotatable bonds is 11. The number of benzene rings is 2. The number of fused-ring (bicyclic) bond motifs is 1. The first-order chi connectivity index (χ1) is 18.6. The lowest BCUT2D eigenvalue weighted by molar-refractivity contribution is 0.0942. The molecule has 1 aliphatic carbocycles. The number of hydrogen-bond donors (Lipinski definition) is 4. The minimum atomic E-state index is -0.210. The first-order valence-corrected chi connectivity index (χ1v) is 13.8. The van der Waals surface area contributed by atoms with Crippen LogP contribution in [-0.4, -0.2) is 39.5 Å². The lowest BCUT2D eigenvalue weighted by atomic mass is 10.0. The van der Waals surface area contributed by atoms with Gasteiger partial charge in [-0.05, 0) is 42.5 Å². The summed E-state index contributed by atoms with van der Waals surface area (Å²) in [5.41, 5.74) is 4.60. The monoisotopic (exact) mass is 529 g/mol. The van der Waals surface area contributed by atoms with Crippen LogP contribution in [0.25, 0.3) is 21.5 Å². The van der Waals surface area contributed by atoms with Crippen molar-refractivity contribution in [2.45, 2.75) is 51.8 Å². The molecule has 38 heavy (non-hydrogen) atoms. The largest absolute Gasteiger partial charge is 0.392 e. The molecule has 9 heteroatoms. The van der Waals surface area contributed by atoms with Crippen LogP contribution in [0.1, 0.15) is 64.6 Å². The molecule has 196 valence electrons. The molecule has 0 radical (unpaired) electrons. The summed E-state index contributed by atoms with van der Waals surface area (Å²) >= 11 is 1.35. The molecule has 2 amide bonds. The molecule has 1 aliphatic rings. The summed E-state index contributed by atoms with van der Waals surface area (Å²) in [6, 6.07) is 13.9. The Morgan fingerprint density at radius 3 is 2.68 bits per heavy atom. The van der Waals surface area contributed by atoms with Gasteiger partial charge in [0.1, 0.15) is 10.7 Å². The molecule has 1 fully saturated rings. The van der Waals surface area contributed by atoms with E-state index in [4.69, 9.17) is 0 Å². The topological polar surface area (TPSA) is 116 Å². The highest BCUT2D eigenvalue weighted by Crippen LogP contribution is 2.35. The van der Waals surface area contributed by atoms with Gasteiger partial charge in [-0.25, -0.2) is 4.98 Å². The highest BCUT2D eigenvalue weighted by atomic mass is 32.1. The van der Waals surface area contributed by atoms with Gasteiger partial charge in [0, 0.05) is 41.7 Å². The number of unbranched alkanes of at least 4 members (excludes halogenated alkanes) is 1. The summed E-state index contributed by atoms with van der Waals surface area (Å²) in [7, 11) is 0. The van der Waals surface area contributed by atoms with Gasteiger partial charge in [-0.2, -0.15) is 0 Å². The van der Waals surface area contributed by atoms with Gasteiger partial charge in [0.2, 0.25) is 0 Å². The average molecular weight is 530 g/mol. The molecule has 4 aromatic rings. The molecule has 0 atom stereocenters. The Hall–Kier alpha value is -3.82. The number of anilines is 1. The van der Waals surface area contributed by atoms with Crippen molar-refractivity contribution in [2.24, 2.45) is 0 Å². The zero-order chi connectivity index (χ0) is 26.5. The third-order valence-electron chi connectivity index (χ3n) is 6.52. The SMILES string of the molecule is CCCCNC(=O)c1csc(-c2cc3c(NCc4ccccc4)c(C(=O)NC4CC4)cnc3cc2CO)n1. The predicted molar refractivity (Wildman–Crippen MR) is 150 cm³/mol. The van der Waals surface area contributed by atoms with Gasteiger partial charge in [0.15, 0.2) is 0 Å². The van der Waals surface area contributed by atoms with E-state index >= 15 is 0 Å². The molecule has 0 spiro atoms. The van der Waals surface area contributed by atoms with Gasteiger partial charge < -0.3 is 21.1 Å². The normalized spacial score (nSPS) is 12.9. The molecule has 2 aromatic heterocycles. The van der Waals surface area contributed by atoms with Crippen LogP contribution in [0.2, 0.25) is 0 Å². The van der Waals surface area contributed by atoms with Gasteiger partial charge in [-0.3, -0.25) is 14.6 Å². The summed E-state index contributed by atoms with van der Waals surface area (Å²) in [6.45, 7) is 3.00. The molecule has 4 N–H and O–H groups in total. The maximum absolute atomic E-state index is 13.1. The third-order valence-corrected chi connectivity index (χ3v) is 7.39. The Balaban J connectivity index is 1.55. The quantitative estimate of drug-likeness (QED) is 0.206. The van der Waals surface area contributed by atoms with E-state index in [0.717, 1.165) is 36.6 Å². The Labute approximate surface area is 225 Å². The van der Waals surface area contributed by atoms with E-state index < -0.39 is 0 Å². The van der Waals surface area contributed by atoms with Crippen LogP contribution in [0.15, 0.2) is 54.0 Å². The lowest BCUT2D eigenvalue weighted by Crippen LogP contribution is -2.26. The van der Waals surface area contributed by atoms with E-state index in [2.05, 4.69) is 32.8 Å². The minimum absolute atomic E-state index is 0.162. The number of carbonyl (C=O) groups is 2. The van der Waals surface area contributed by atoms with E-state index in [1.807, 2.05) is 42.5 Å². The second-order valence-electron chi connectivity index (χ2n) is 9.47. The molecule has 8 nitrogen and oxygen atoms in total. The molecule has 1 saturated carbocycles. The lowest BCUT2D eigenvalue weighted by Gasteiger charge is -2.16. The van der Waals surface area contributed by atoms with Crippen molar-refractivity contribution in [2.75, 3.05) is 11.9 Å². The molecule has 2 heterocycles. The Kier molecular flexibility index (Phi) is 7.95. The van der Waals surface area contributed by atoms with Crippen LogP contribution >= 0.6 is 11.3 Å². The second kappa shape index (κ2) is 11.7. The zero-order valence-corrected chi connectivity index (χ0v) is 22.1. The van der Waals surface area contributed by atoms with Crippen molar-refractivity contribution >= 4 is 39.7 Å². The van der Waals surface area contributed by atoms with Crippen LogP contribution < -0.4 is 16.0 Å². The summed E-state index contributed by atoms with van der Waals surface area (Å²) in [5.74, 6) is -0.372. The molecule has 5 rings (SSSR count). The van der Waals surface area contributed by atoms with Gasteiger partial charge in [0.05, 0.1) is 23.4 Å². The highest BCUT2D eigenvalue weighted by molar-refractivity contribution is 7.13. The van der Waals surface area contributed by atoms with E-state index in [1.165, 1.54) is 11.3 Å². The van der Waals surface area contributed by atoms with Gasteiger partial charge in [-0.1, -0.05) is 43.7 Å². The number of carbonyl (C=O) groups excluding carboxylic acids is 2. The molecule has 2 aromatic carbocycles. The summed E-state index contributed by atoms with van der Waals surface area (Å²) in [6.07, 6.45) is 5.47. The maximum atomic E-state index is 13.1. The van der Waals surface area contributed by atoms with Gasteiger partial charge in [0.25, 0.3) is 11.8 Å². The van der Waals surface area contributed by atoms with Crippen molar-refractivity contribution in [3.05, 3.63) is 76.4 Å². The van der Waals surface area contributed by atoms with E-state index in [0.29, 0.717) is 51.7 Å². The first kappa shape index (κ1) is 25.8. The minimum Gasteiger partial charge on any atom is -0.392 e. The van der Waals surface area contributed by atoms with Crippen molar-refractivity contribution < 1.29 is 14.7 Å². The standard InChI is InChI=1S/C29H31N5O3S/c1-2-3-11-30-28(37)25-17-38-29(34-25)21-13-22-24(12-19(21)16-35)31-15-23(27(36)33-20-9-10-20)26(22)32-14-18-7-5-4-6-8-18/h4-8,12-13,15,17,20,35H,2-3,9-11,14,16H2,1H3,(H,30,37)(H,31,32)(H,33,36). The number of hydrogen-bond acceptors (Lipinski definition) is 7. The molecule has 0 unspecified atom stereocenters. The fourth-order valence-electron chi connectivity index (χ4n) is 4.22. The second-order valence-corrected chi connectivity index (χ2v) is 10.3. The summed E-state index contributed by atoms with van der Waals surface area (Å²) < 4.78 is 0. The van der Waals surface area contributed by atoms with Crippen LogP contribution in [-0.2, 0) is 13.2 Å². The summed E-state index contributed by atoms with van der Waals surface area (Å²) in [4.78, 5) is 34.8. The molecule has 0 saturated heterocycles. The zero-order valence-electron chi connectivity index (χ0n) is 21.3. The molecular formula is C29H31N5O3S. The van der Waals surface area contributed by atoms with Crippen molar-refractivity contribution in [1.82, 2.24) is 20.6 Å². The Morgan fingerprint density at radius 1 is 1.13 bits per heavy atom. The fourth-order valence-corrected chi connectivity index (χ4v) is 5.07. The number of amides is 2. The smallest absolute Gasteiger partial charge is 0.270 e.